The van der Waals surface area contributed by atoms with Gasteiger partial charge < -0.3 is 24.8 Å². The average molecular weight is 248 g/mol. The van der Waals surface area contributed by atoms with Gasteiger partial charge in [-0.3, -0.25) is 4.79 Å². The Morgan fingerprint density at radius 2 is 1.82 bits per heavy atom. The topological polar surface area (TPSA) is 68.8 Å². The molecule has 0 aliphatic carbocycles. The number of ether oxygens (including phenoxy) is 3. The van der Waals surface area contributed by atoms with Gasteiger partial charge in [0, 0.05) is 33.9 Å². The van der Waals surface area contributed by atoms with Gasteiger partial charge in [-0.2, -0.15) is 0 Å². The lowest BCUT2D eigenvalue weighted by atomic mass is 10.3. The Hall–Kier alpha value is -0.690. The summed E-state index contributed by atoms with van der Waals surface area (Å²) in [7, 11) is 4.84. The molecule has 0 fully saturated rings. The molecule has 6 nitrogen and oxygen atoms in total. The van der Waals surface area contributed by atoms with Crippen molar-refractivity contribution in [1.29, 1.82) is 0 Å². The van der Waals surface area contributed by atoms with Crippen LogP contribution in [0.4, 0.5) is 0 Å². The van der Waals surface area contributed by atoms with Crippen LogP contribution in [-0.4, -0.2) is 65.7 Å². The van der Waals surface area contributed by atoms with Crippen molar-refractivity contribution in [2.45, 2.75) is 19.1 Å². The molecule has 2 N–H and O–H groups in total. The minimum atomic E-state index is -0.0539. The first kappa shape index (κ1) is 16.3. The quantitative estimate of drug-likeness (QED) is 0.540. The monoisotopic (exact) mass is 248 g/mol. The van der Waals surface area contributed by atoms with Crippen LogP contribution < -0.4 is 10.6 Å². The summed E-state index contributed by atoms with van der Waals surface area (Å²) in [6, 6.07) is 0.0199. The third-order valence-electron chi connectivity index (χ3n) is 2.17. The van der Waals surface area contributed by atoms with E-state index in [9.17, 15) is 4.79 Å². The second kappa shape index (κ2) is 10.5. The smallest absolute Gasteiger partial charge is 0.234 e. The third kappa shape index (κ3) is 9.05. The van der Waals surface area contributed by atoms with Crippen LogP contribution in [0.25, 0.3) is 0 Å². The van der Waals surface area contributed by atoms with Gasteiger partial charge in [0.2, 0.25) is 5.91 Å². The maximum absolute atomic E-state index is 11.5. The molecule has 1 amide bonds. The lowest BCUT2D eigenvalue weighted by Crippen LogP contribution is -2.43. The highest BCUT2D eigenvalue weighted by Crippen LogP contribution is 1.88. The largest absolute Gasteiger partial charge is 0.383 e. The minimum Gasteiger partial charge on any atom is -0.383 e. The zero-order valence-electron chi connectivity index (χ0n) is 11.1. The van der Waals surface area contributed by atoms with E-state index < -0.39 is 0 Å². The first-order chi connectivity index (χ1) is 8.13. The molecule has 6 heteroatoms. The molecule has 0 spiro atoms. The van der Waals surface area contributed by atoms with Crippen LogP contribution >= 0.6 is 0 Å². The predicted octanol–water partition coefficient (Wildman–Crippen LogP) is -0.611. The molecule has 2 unspecified atom stereocenters. The number of methoxy groups -OCH3 is 3. The van der Waals surface area contributed by atoms with Crippen molar-refractivity contribution in [3.8, 4) is 0 Å². The van der Waals surface area contributed by atoms with Gasteiger partial charge in [0.1, 0.15) is 0 Å². The number of hydrogen-bond acceptors (Lipinski definition) is 5. The van der Waals surface area contributed by atoms with Crippen molar-refractivity contribution in [2.24, 2.45) is 0 Å². The van der Waals surface area contributed by atoms with Crippen LogP contribution in [-0.2, 0) is 19.0 Å². The second-order valence-electron chi connectivity index (χ2n) is 3.87. The van der Waals surface area contributed by atoms with Gasteiger partial charge >= 0.3 is 0 Å². The molecule has 102 valence electrons. The van der Waals surface area contributed by atoms with Crippen molar-refractivity contribution in [3.05, 3.63) is 0 Å². The fraction of sp³-hybridized carbons (Fsp3) is 0.909. The molecule has 2 atom stereocenters. The van der Waals surface area contributed by atoms with Crippen LogP contribution in [0, 0.1) is 0 Å². The summed E-state index contributed by atoms with van der Waals surface area (Å²) in [5.74, 6) is -0.0539. The SMILES string of the molecule is COCC(C)NC(=O)CNCC(COC)OC. The van der Waals surface area contributed by atoms with E-state index in [1.807, 2.05) is 6.92 Å². The molecule has 0 rings (SSSR count). The van der Waals surface area contributed by atoms with Gasteiger partial charge in [0.15, 0.2) is 0 Å². The summed E-state index contributed by atoms with van der Waals surface area (Å²) in [6.45, 7) is 3.75. The Morgan fingerprint density at radius 1 is 1.18 bits per heavy atom. The number of amides is 1. The number of carbonyl (C=O) groups excluding carboxylic acids is 1. The number of hydrogen-bond donors (Lipinski definition) is 2. The van der Waals surface area contributed by atoms with Gasteiger partial charge in [0.05, 0.1) is 25.9 Å². The first-order valence-corrected chi connectivity index (χ1v) is 5.64. The van der Waals surface area contributed by atoms with Crippen molar-refractivity contribution in [1.82, 2.24) is 10.6 Å². The predicted molar refractivity (Wildman–Crippen MR) is 65.0 cm³/mol. The lowest BCUT2D eigenvalue weighted by Gasteiger charge is -2.16. The molecule has 0 saturated heterocycles. The van der Waals surface area contributed by atoms with Crippen molar-refractivity contribution >= 4 is 5.91 Å². The Balaban J connectivity index is 3.62. The Morgan fingerprint density at radius 3 is 2.35 bits per heavy atom. The fourth-order valence-corrected chi connectivity index (χ4v) is 1.36. The van der Waals surface area contributed by atoms with E-state index in [-0.39, 0.29) is 24.6 Å². The molecular formula is C11H24N2O4. The van der Waals surface area contributed by atoms with Crippen LogP contribution in [0.3, 0.4) is 0 Å². The first-order valence-electron chi connectivity index (χ1n) is 5.64. The summed E-state index contributed by atoms with van der Waals surface area (Å²) in [4.78, 5) is 11.5. The third-order valence-corrected chi connectivity index (χ3v) is 2.17. The van der Waals surface area contributed by atoms with Crippen LogP contribution in [0.5, 0.6) is 0 Å². The minimum absolute atomic E-state index is 0.0199. The van der Waals surface area contributed by atoms with E-state index in [4.69, 9.17) is 14.2 Å². The summed E-state index contributed by atoms with van der Waals surface area (Å²) < 4.78 is 15.0. The van der Waals surface area contributed by atoms with Gasteiger partial charge in [-0.05, 0) is 6.92 Å². The number of carbonyl (C=O) groups is 1. The van der Waals surface area contributed by atoms with Gasteiger partial charge in [-0.15, -0.1) is 0 Å². The molecule has 0 bridgehead atoms. The highest BCUT2D eigenvalue weighted by molar-refractivity contribution is 5.78. The highest BCUT2D eigenvalue weighted by Gasteiger charge is 2.09. The molecule has 0 aromatic heterocycles. The normalized spacial score (nSPS) is 14.4. The molecule has 17 heavy (non-hydrogen) atoms. The molecule has 0 aliphatic heterocycles. The average Bonchev–Trinajstić information content (AvgIpc) is 2.28. The van der Waals surface area contributed by atoms with E-state index >= 15 is 0 Å². The fourth-order valence-electron chi connectivity index (χ4n) is 1.36. The molecule has 0 aromatic carbocycles. The zero-order valence-corrected chi connectivity index (χ0v) is 11.1. The summed E-state index contributed by atoms with van der Waals surface area (Å²) >= 11 is 0. The standard InChI is InChI=1S/C11H24N2O4/c1-9(7-15-2)13-11(14)6-12-5-10(17-4)8-16-3/h9-10,12H,5-8H2,1-4H3,(H,13,14). The Labute approximate surface area is 103 Å². The van der Waals surface area contributed by atoms with E-state index in [0.717, 1.165) is 0 Å². The molecule has 0 aromatic rings. The second-order valence-corrected chi connectivity index (χ2v) is 3.87. The molecule has 0 radical (unpaired) electrons. The summed E-state index contributed by atoms with van der Waals surface area (Å²) in [5.41, 5.74) is 0. The van der Waals surface area contributed by atoms with E-state index in [1.54, 1.807) is 21.3 Å². The van der Waals surface area contributed by atoms with E-state index in [1.165, 1.54) is 0 Å². The Kier molecular flexibility index (Phi) is 10.0. The number of nitrogens with one attached hydrogen (secondary N) is 2. The van der Waals surface area contributed by atoms with Gasteiger partial charge in [-0.25, -0.2) is 0 Å². The van der Waals surface area contributed by atoms with E-state index in [2.05, 4.69) is 10.6 Å². The lowest BCUT2D eigenvalue weighted by molar-refractivity contribution is -0.121. The summed E-state index contributed by atoms with van der Waals surface area (Å²) in [5, 5.41) is 5.82. The maximum atomic E-state index is 11.5. The summed E-state index contributed by atoms with van der Waals surface area (Å²) in [6.07, 6.45) is -0.0378. The van der Waals surface area contributed by atoms with Crippen LogP contribution in [0.1, 0.15) is 6.92 Å². The van der Waals surface area contributed by atoms with Crippen molar-refractivity contribution in [2.75, 3.05) is 47.6 Å². The zero-order chi connectivity index (χ0) is 13.1. The van der Waals surface area contributed by atoms with Crippen molar-refractivity contribution in [3.63, 3.8) is 0 Å². The Bertz CT molecular complexity index is 202. The van der Waals surface area contributed by atoms with E-state index in [0.29, 0.717) is 19.8 Å². The van der Waals surface area contributed by atoms with Crippen molar-refractivity contribution < 1.29 is 19.0 Å². The molecule has 0 aliphatic rings. The highest BCUT2D eigenvalue weighted by atomic mass is 16.5. The van der Waals surface area contributed by atoms with Crippen LogP contribution in [0.15, 0.2) is 0 Å². The molecule has 0 heterocycles. The maximum Gasteiger partial charge on any atom is 0.234 e. The molecule has 0 saturated carbocycles. The molecular weight excluding hydrogens is 224 g/mol. The van der Waals surface area contributed by atoms with Gasteiger partial charge in [0.25, 0.3) is 0 Å². The van der Waals surface area contributed by atoms with Gasteiger partial charge in [-0.1, -0.05) is 0 Å². The van der Waals surface area contributed by atoms with Crippen LogP contribution in [0.2, 0.25) is 0 Å². The number of rotatable bonds is 10.